The third-order valence-corrected chi connectivity index (χ3v) is 5.79. The molecule has 8 nitrogen and oxygen atoms in total. The summed E-state index contributed by atoms with van der Waals surface area (Å²) in [5.74, 6) is -2.10. The molecule has 3 N–H and O–H groups in total. The molecule has 0 saturated heterocycles. The Morgan fingerprint density at radius 2 is 2.03 bits per heavy atom. The van der Waals surface area contributed by atoms with Gasteiger partial charge in [-0.05, 0) is 48.6 Å². The number of methoxy groups -OCH3 is 1. The maximum absolute atomic E-state index is 12.4. The zero-order valence-electron chi connectivity index (χ0n) is 17.0. The van der Waals surface area contributed by atoms with Crippen LogP contribution in [0.15, 0.2) is 24.3 Å². The molecule has 1 heterocycles. The Hall–Kier alpha value is -3.47. The highest BCUT2D eigenvalue weighted by atomic mass is 32.1. The Labute approximate surface area is 185 Å². The molecule has 0 atom stereocenters. The minimum Gasteiger partial charge on any atom is -0.493 e. The number of hydrogen-bond donors (Lipinski definition) is 2. The van der Waals surface area contributed by atoms with E-state index in [1.165, 1.54) is 42.7 Å². The normalized spacial score (nSPS) is 12.6. The van der Waals surface area contributed by atoms with Crippen molar-refractivity contribution in [3.8, 4) is 11.5 Å². The van der Waals surface area contributed by atoms with Gasteiger partial charge in [-0.1, -0.05) is 6.07 Å². The SMILES string of the molecule is COc1cc(/C=C/C(=O)OCC(=O)Nc2sc3c(c2C(N)=O)CCC3)ccc1OC(F)F. The molecule has 0 radical (unpaired) electrons. The van der Waals surface area contributed by atoms with Crippen LogP contribution in [0.3, 0.4) is 0 Å². The van der Waals surface area contributed by atoms with Crippen molar-refractivity contribution < 1.29 is 37.4 Å². The molecule has 0 aliphatic heterocycles. The number of nitrogens with two attached hydrogens (primary N) is 1. The van der Waals surface area contributed by atoms with Gasteiger partial charge in [0.1, 0.15) is 5.00 Å². The number of hydrogen-bond acceptors (Lipinski definition) is 7. The number of anilines is 1. The van der Waals surface area contributed by atoms with Crippen molar-refractivity contribution >= 4 is 40.2 Å². The van der Waals surface area contributed by atoms with Gasteiger partial charge < -0.3 is 25.3 Å². The number of nitrogens with one attached hydrogen (secondary N) is 1. The van der Waals surface area contributed by atoms with Gasteiger partial charge in [-0.3, -0.25) is 9.59 Å². The van der Waals surface area contributed by atoms with Gasteiger partial charge in [-0.2, -0.15) is 8.78 Å². The smallest absolute Gasteiger partial charge is 0.387 e. The molecule has 2 aromatic rings. The number of thiophene rings is 1. The fourth-order valence-electron chi connectivity index (χ4n) is 3.25. The van der Waals surface area contributed by atoms with E-state index in [9.17, 15) is 23.2 Å². The summed E-state index contributed by atoms with van der Waals surface area (Å²) in [5.41, 5.74) is 7.10. The number of ether oxygens (including phenoxy) is 3. The monoisotopic (exact) mass is 466 g/mol. The minimum absolute atomic E-state index is 0.0632. The zero-order valence-corrected chi connectivity index (χ0v) is 17.8. The molecular weight excluding hydrogens is 446 g/mol. The Balaban J connectivity index is 1.56. The molecule has 3 rings (SSSR count). The van der Waals surface area contributed by atoms with Crippen LogP contribution in [-0.2, 0) is 27.2 Å². The summed E-state index contributed by atoms with van der Waals surface area (Å²) in [6.45, 7) is -3.56. The van der Waals surface area contributed by atoms with Gasteiger partial charge in [0, 0.05) is 11.0 Å². The molecule has 170 valence electrons. The molecule has 0 unspecified atom stereocenters. The van der Waals surface area contributed by atoms with Crippen LogP contribution in [0.25, 0.3) is 6.08 Å². The van der Waals surface area contributed by atoms with Gasteiger partial charge in [0.15, 0.2) is 18.1 Å². The number of aryl methyl sites for hydroxylation is 1. The van der Waals surface area contributed by atoms with Crippen molar-refractivity contribution in [3.05, 3.63) is 45.8 Å². The summed E-state index contributed by atoms with van der Waals surface area (Å²) >= 11 is 1.30. The number of benzene rings is 1. The topological polar surface area (TPSA) is 117 Å². The van der Waals surface area contributed by atoms with E-state index in [1.807, 2.05) is 0 Å². The number of carbonyl (C=O) groups excluding carboxylic acids is 3. The Kier molecular flexibility index (Phi) is 7.41. The minimum atomic E-state index is -3.00. The molecule has 0 saturated carbocycles. The second-order valence-electron chi connectivity index (χ2n) is 6.70. The molecule has 2 amide bonds. The molecule has 0 fully saturated rings. The van der Waals surface area contributed by atoms with Crippen LogP contribution in [0.4, 0.5) is 13.8 Å². The molecule has 32 heavy (non-hydrogen) atoms. The predicted molar refractivity (Wildman–Crippen MR) is 113 cm³/mol. The molecule has 1 aromatic carbocycles. The van der Waals surface area contributed by atoms with Crippen LogP contribution in [0.2, 0.25) is 0 Å². The van der Waals surface area contributed by atoms with Crippen LogP contribution in [-0.4, -0.2) is 38.1 Å². The number of amides is 2. The average molecular weight is 466 g/mol. The second-order valence-corrected chi connectivity index (χ2v) is 7.81. The fraction of sp³-hybridized carbons (Fsp3) is 0.286. The maximum atomic E-state index is 12.4. The van der Waals surface area contributed by atoms with Crippen LogP contribution in [0.5, 0.6) is 11.5 Å². The van der Waals surface area contributed by atoms with Crippen molar-refractivity contribution in [2.75, 3.05) is 19.0 Å². The van der Waals surface area contributed by atoms with Crippen LogP contribution in [0.1, 0.15) is 32.8 Å². The highest BCUT2D eigenvalue weighted by molar-refractivity contribution is 7.17. The summed E-state index contributed by atoms with van der Waals surface area (Å²) < 4.78 is 39.0. The lowest BCUT2D eigenvalue weighted by atomic mass is 10.1. The average Bonchev–Trinajstić information content (AvgIpc) is 3.31. The molecule has 0 spiro atoms. The largest absolute Gasteiger partial charge is 0.493 e. The zero-order chi connectivity index (χ0) is 23.3. The Morgan fingerprint density at radius 3 is 2.72 bits per heavy atom. The standard InChI is InChI=1S/C21H20F2N2O6S/c1-29-14-9-11(5-7-13(14)31-21(22)23)6-8-17(27)30-10-16(26)25-20-18(19(24)28)12-3-2-4-15(12)32-20/h5-9,21H,2-4,10H2,1H3,(H2,24,28)(H,25,26)/b8-6+. The second kappa shape index (κ2) is 10.2. The van der Waals surface area contributed by atoms with Crippen LogP contribution < -0.4 is 20.5 Å². The van der Waals surface area contributed by atoms with E-state index in [0.29, 0.717) is 16.1 Å². The number of fused-ring (bicyclic) bond motifs is 1. The maximum Gasteiger partial charge on any atom is 0.387 e. The molecule has 1 aromatic heterocycles. The first-order valence-electron chi connectivity index (χ1n) is 9.50. The Bertz CT molecular complexity index is 1070. The van der Waals surface area contributed by atoms with Crippen molar-refractivity contribution in [2.45, 2.75) is 25.9 Å². The number of halogens is 2. The highest BCUT2D eigenvalue weighted by Gasteiger charge is 2.26. The summed E-state index contributed by atoms with van der Waals surface area (Å²) in [4.78, 5) is 36.8. The molecule has 1 aliphatic rings. The number of alkyl halides is 2. The van der Waals surface area contributed by atoms with Crippen molar-refractivity contribution in [1.82, 2.24) is 0 Å². The molecular formula is C21H20F2N2O6S. The molecule has 1 aliphatic carbocycles. The van der Waals surface area contributed by atoms with Crippen molar-refractivity contribution in [2.24, 2.45) is 5.73 Å². The van der Waals surface area contributed by atoms with E-state index in [0.717, 1.165) is 35.8 Å². The van der Waals surface area contributed by atoms with E-state index in [1.54, 1.807) is 0 Å². The quantitative estimate of drug-likeness (QED) is 0.433. The lowest BCUT2D eigenvalue weighted by Gasteiger charge is -2.10. The van der Waals surface area contributed by atoms with Gasteiger partial charge in [-0.25, -0.2) is 4.79 Å². The van der Waals surface area contributed by atoms with E-state index >= 15 is 0 Å². The third-order valence-electron chi connectivity index (χ3n) is 4.58. The lowest BCUT2D eigenvalue weighted by Crippen LogP contribution is -2.22. The van der Waals surface area contributed by atoms with Crippen molar-refractivity contribution in [1.29, 1.82) is 0 Å². The third kappa shape index (κ3) is 5.61. The summed E-state index contributed by atoms with van der Waals surface area (Å²) in [5, 5.41) is 2.93. The van der Waals surface area contributed by atoms with Gasteiger partial charge in [0.05, 0.1) is 12.7 Å². The molecule has 0 bridgehead atoms. The summed E-state index contributed by atoms with van der Waals surface area (Å²) in [6.07, 6.45) is 4.94. The van der Waals surface area contributed by atoms with Crippen LogP contribution in [0, 0.1) is 0 Å². The number of rotatable bonds is 9. The lowest BCUT2D eigenvalue weighted by molar-refractivity contribution is -0.142. The van der Waals surface area contributed by atoms with Gasteiger partial charge in [0.2, 0.25) is 0 Å². The first-order valence-corrected chi connectivity index (χ1v) is 10.3. The highest BCUT2D eigenvalue weighted by Crippen LogP contribution is 2.38. The van der Waals surface area contributed by atoms with Crippen LogP contribution >= 0.6 is 11.3 Å². The predicted octanol–water partition coefficient (Wildman–Crippen LogP) is 3.14. The number of primary amides is 1. The first-order chi connectivity index (χ1) is 15.3. The first kappa shape index (κ1) is 23.2. The summed E-state index contributed by atoms with van der Waals surface area (Å²) in [6, 6.07) is 4.12. The van der Waals surface area contributed by atoms with E-state index < -0.39 is 31.0 Å². The van der Waals surface area contributed by atoms with Gasteiger partial charge >= 0.3 is 12.6 Å². The van der Waals surface area contributed by atoms with Gasteiger partial charge in [0.25, 0.3) is 11.8 Å². The van der Waals surface area contributed by atoms with Gasteiger partial charge in [-0.15, -0.1) is 11.3 Å². The fourth-order valence-corrected chi connectivity index (χ4v) is 4.56. The van der Waals surface area contributed by atoms with E-state index in [-0.39, 0.29) is 11.5 Å². The number of carbonyl (C=O) groups is 3. The Morgan fingerprint density at radius 1 is 1.25 bits per heavy atom. The van der Waals surface area contributed by atoms with E-state index in [4.69, 9.17) is 15.2 Å². The summed E-state index contributed by atoms with van der Waals surface area (Å²) in [7, 11) is 1.29. The molecule has 11 heteroatoms. The van der Waals surface area contributed by atoms with E-state index in [2.05, 4.69) is 10.1 Å². The number of esters is 1. The van der Waals surface area contributed by atoms with Crippen molar-refractivity contribution in [3.63, 3.8) is 0 Å².